The molecule has 0 fully saturated rings. The number of ether oxygens (including phenoxy) is 4. The summed E-state index contributed by atoms with van der Waals surface area (Å²) in [5, 5.41) is 10.6. The Balaban J connectivity index is 5.21. The van der Waals surface area contributed by atoms with Crippen molar-refractivity contribution in [2.45, 2.75) is 452 Å². The first-order valence-electron chi connectivity index (χ1n) is 42.8. The summed E-state index contributed by atoms with van der Waals surface area (Å²) < 4.78 is 68.7. The highest BCUT2D eigenvalue weighted by Gasteiger charge is 2.30. The summed E-state index contributed by atoms with van der Waals surface area (Å²) in [6.45, 7) is 11.9. The average molecular weight is 1490 g/mol. The fraction of sp³-hybridized carbons (Fsp3) is 0.952. The van der Waals surface area contributed by atoms with Gasteiger partial charge in [0.25, 0.3) is 0 Å². The number of unbranched alkanes of at least 4 members (excludes halogenated alkanes) is 49. The Bertz CT molecular complexity index is 1970. The highest BCUT2D eigenvalue weighted by molar-refractivity contribution is 7.47. The van der Waals surface area contributed by atoms with Gasteiger partial charge in [0.15, 0.2) is 12.2 Å². The number of aliphatic hydroxyl groups excluding tert-OH is 1. The van der Waals surface area contributed by atoms with E-state index >= 15 is 0 Å². The number of esters is 4. The lowest BCUT2D eigenvalue weighted by atomic mass is 10.0. The predicted molar refractivity (Wildman–Crippen MR) is 418 cm³/mol. The maximum absolute atomic E-state index is 13.1. The first kappa shape index (κ1) is 100. The van der Waals surface area contributed by atoms with Crippen LogP contribution in [-0.2, 0) is 65.4 Å². The van der Waals surface area contributed by atoms with Crippen molar-refractivity contribution in [1.82, 2.24) is 0 Å². The Hall–Kier alpha value is -1.94. The number of rotatable bonds is 81. The van der Waals surface area contributed by atoms with Crippen LogP contribution in [-0.4, -0.2) is 96.7 Å². The largest absolute Gasteiger partial charge is 0.472 e. The molecule has 0 heterocycles. The van der Waals surface area contributed by atoms with Crippen LogP contribution in [0.4, 0.5) is 0 Å². The summed E-state index contributed by atoms with van der Waals surface area (Å²) in [7, 11) is -9.92. The van der Waals surface area contributed by atoms with Gasteiger partial charge < -0.3 is 33.8 Å². The molecule has 5 atom stereocenters. The molecule has 19 heteroatoms. The summed E-state index contributed by atoms with van der Waals surface area (Å²) >= 11 is 0. The highest BCUT2D eigenvalue weighted by Crippen LogP contribution is 2.45. The SMILES string of the molecule is CCCCCCCCCCCCCCCCCCCCCCCC(=O)O[C@H](COC(=O)CCCCCCCCCCCCCCCC(C)C)COP(=O)(O)OC[C@@H](O)COP(=O)(O)OC[C@@H](COC(=O)CCCCCCCCC(C)C)OC(=O)CCCCCCCCCCCCCCCC(C)C. The van der Waals surface area contributed by atoms with Crippen LogP contribution in [0.5, 0.6) is 0 Å². The van der Waals surface area contributed by atoms with E-state index in [1.54, 1.807) is 0 Å². The minimum atomic E-state index is -4.96. The standard InChI is InChI=1S/C83H162O17P2/c1-8-9-10-11-12-13-14-15-16-17-18-19-20-21-22-27-33-38-43-52-59-66-82(87)99-78(70-93-80(85)64-57-50-42-37-32-28-23-25-30-35-40-47-54-61-74(2)3)72-97-101(89,90)95-68-77(84)69-96-102(91,92)98-73-79(71-94-81(86)65-58-51-46-45-49-56-63-76(6)7)100-83(88)67-60-53-44-39-34-29-24-26-31-36-41-48-55-62-75(4)5/h74-79,84H,8-73H2,1-7H3,(H,89,90)(H,91,92)/t77-,78-,79-/m1/s1. The van der Waals surface area contributed by atoms with Gasteiger partial charge in [-0.05, 0) is 43.4 Å². The monoisotopic (exact) mass is 1490 g/mol. The Morgan fingerprint density at radius 3 is 0.667 bits per heavy atom. The Labute approximate surface area is 626 Å². The minimum absolute atomic E-state index is 0.106. The summed E-state index contributed by atoms with van der Waals surface area (Å²) in [6, 6.07) is 0. The molecule has 0 saturated carbocycles. The lowest BCUT2D eigenvalue weighted by Crippen LogP contribution is -2.30. The van der Waals surface area contributed by atoms with E-state index < -0.39 is 97.5 Å². The first-order valence-corrected chi connectivity index (χ1v) is 45.8. The quantitative estimate of drug-likeness (QED) is 0.0222. The number of carbonyl (C=O) groups is 4. The molecule has 0 aliphatic heterocycles. The molecule has 0 aliphatic rings. The van der Waals surface area contributed by atoms with Gasteiger partial charge in [0, 0.05) is 25.7 Å². The van der Waals surface area contributed by atoms with E-state index in [9.17, 15) is 43.2 Å². The van der Waals surface area contributed by atoms with E-state index in [1.165, 1.54) is 238 Å². The third kappa shape index (κ3) is 76.3. The van der Waals surface area contributed by atoms with Crippen LogP contribution in [0.3, 0.4) is 0 Å². The maximum Gasteiger partial charge on any atom is 0.472 e. The molecule has 17 nitrogen and oxygen atoms in total. The molecule has 0 aromatic rings. The zero-order valence-corrected chi connectivity index (χ0v) is 68.9. The van der Waals surface area contributed by atoms with E-state index in [1.807, 2.05) is 0 Å². The molecule has 2 unspecified atom stereocenters. The molecule has 606 valence electrons. The van der Waals surface area contributed by atoms with Gasteiger partial charge in [0.2, 0.25) is 0 Å². The summed E-state index contributed by atoms with van der Waals surface area (Å²) in [5.41, 5.74) is 0. The third-order valence-electron chi connectivity index (χ3n) is 19.4. The van der Waals surface area contributed by atoms with Crippen LogP contribution in [0.25, 0.3) is 0 Å². The maximum atomic E-state index is 13.1. The molecule has 0 bridgehead atoms. The second-order valence-electron chi connectivity index (χ2n) is 31.3. The van der Waals surface area contributed by atoms with Crippen molar-refractivity contribution in [2.75, 3.05) is 39.6 Å². The van der Waals surface area contributed by atoms with E-state index in [0.29, 0.717) is 31.6 Å². The Morgan fingerprint density at radius 1 is 0.265 bits per heavy atom. The molecular weight excluding hydrogens is 1330 g/mol. The molecule has 0 saturated heterocycles. The molecule has 0 aromatic heterocycles. The second kappa shape index (κ2) is 73.2. The van der Waals surface area contributed by atoms with Gasteiger partial charge >= 0.3 is 39.5 Å². The van der Waals surface area contributed by atoms with E-state index in [0.717, 1.165) is 108 Å². The molecule has 0 radical (unpaired) electrons. The number of hydrogen-bond acceptors (Lipinski definition) is 15. The van der Waals surface area contributed by atoms with Gasteiger partial charge in [-0.2, -0.15) is 0 Å². The Morgan fingerprint density at radius 2 is 0.451 bits per heavy atom. The predicted octanol–water partition coefficient (Wildman–Crippen LogP) is 24.9. The van der Waals surface area contributed by atoms with E-state index in [-0.39, 0.29) is 25.7 Å². The topological polar surface area (TPSA) is 237 Å². The van der Waals surface area contributed by atoms with Gasteiger partial charge in [-0.3, -0.25) is 37.3 Å². The molecule has 0 rings (SSSR count). The smallest absolute Gasteiger partial charge is 0.462 e. The molecular formula is C83H162O17P2. The van der Waals surface area contributed by atoms with Gasteiger partial charge in [0.1, 0.15) is 19.3 Å². The second-order valence-corrected chi connectivity index (χ2v) is 34.2. The molecule has 0 amide bonds. The van der Waals surface area contributed by atoms with Crippen molar-refractivity contribution < 1.29 is 80.2 Å². The summed E-state index contributed by atoms with van der Waals surface area (Å²) in [4.78, 5) is 73.1. The van der Waals surface area contributed by atoms with Gasteiger partial charge in [-0.1, -0.05) is 382 Å². The van der Waals surface area contributed by atoms with E-state index in [4.69, 9.17) is 37.0 Å². The molecule has 3 N–H and O–H groups in total. The number of phosphoric acid groups is 2. The van der Waals surface area contributed by atoms with Gasteiger partial charge in [-0.15, -0.1) is 0 Å². The van der Waals surface area contributed by atoms with Gasteiger partial charge in [0.05, 0.1) is 26.4 Å². The normalized spacial score (nSPS) is 13.9. The lowest BCUT2D eigenvalue weighted by molar-refractivity contribution is -0.161. The number of phosphoric ester groups is 2. The zero-order chi connectivity index (χ0) is 75.1. The van der Waals surface area contributed by atoms with Crippen LogP contribution in [0.2, 0.25) is 0 Å². The van der Waals surface area contributed by atoms with Gasteiger partial charge in [-0.25, -0.2) is 9.13 Å². The highest BCUT2D eigenvalue weighted by atomic mass is 31.2. The summed E-state index contributed by atoms with van der Waals surface area (Å²) in [5.74, 6) is 0.146. The van der Waals surface area contributed by atoms with Crippen LogP contribution in [0.15, 0.2) is 0 Å². The third-order valence-corrected chi connectivity index (χ3v) is 21.3. The summed E-state index contributed by atoms with van der Waals surface area (Å²) in [6.07, 6.45) is 62.7. The minimum Gasteiger partial charge on any atom is -0.462 e. The van der Waals surface area contributed by atoms with Crippen LogP contribution in [0.1, 0.15) is 434 Å². The van der Waals surface area contributed by atoms with Crippen molar-refractivity contribution in [3.8, 4) is 0 Å². The van der Waals surface area contributed by atoms with Crippen molar-refractivity contribution in [3.63, 3.8) is 0 Å². The van der Waals surface area contributed by atoms with Crippen LogP contribution < -0.4 is 0 Å². The molecule has 0 aromatic carbocycles. The zero-order valence-electron chi connectivity index (χ0n) is 67.1. The van der Waals surface area contributed by atoms with Crippen molar-refractivity contribution in [3.05, 3.63) is 0 Å². The fourth-order valence-corrected chi connectivity index (χ4v) is 14.4. The Kier molecular flexibility index (Phi) is 71.8. The van der Waals surface area contributed by atoms with Crippen LogP contribution in [0, 0.1) is 17.8 Å². The van der Waals surface area contributed by atoms with Crippen molar-refractivity contribution >= 4 is 39.5 Å². The molecule has 102 heavy (non-hydrogen) atoms. The van der Waals surface area contributed by atoms with Crippen LogP contribution >= 0.6 is 15.6 Å². The fourth-order valence-electron chi connectivity index (χ4n) is 12.8. The number of hydrogen-bond donors (Lipinski definition) is 3. The van der Waals surface area contributed by atoms with Crippen molar-refractivity contribution in [2.24, 2.45) is 17.8 Å². The van der Waals surface area contributed by atoms with E-state index in [2.05, 4.69) is 48.5 Å². The molecule has 0 spiro atoms. The van der Waals surface area contributed by atoms with Crippen molar-refractivity contribution in [1.29, 1.82) is 0 Å². The average Bonchev–Trinajstić information content (AvgIpc) is 0.908. The number of aliphatic hydroxyl groups is 1. The molecule has 0 aliphatic carbocycles. The first-order chi connectivity index (χ1) is 49.2. The number of carbonyl (C=O) groups excluding carboxylic acids is 4. The lowest BCUT2D eigenvalue weighted by Gasteiger charge is -2.21.